The van der Waals surface area contributed by atoms with Crippen molar-refractivity contribution >= 4 is 52.8 Å². The summed E-state index contributed by atoms with van der Waals surface area (Å²) in [6.45, 7) is 0. The molecule has 8 heteroatoms. The normalized spacial score (nSPS) is 0. The molecular formula is H12Ge3Re5. The van der Waals surface area contributed by atoms with Crippen molar-refractivity contribution < 1.29 is 102 Å². The molecule has 0 spiro atoms. The maximum atomic E-state index is 0. The zero-order chi connectivity index (χ0) is 0. The van der Waals surface area contributed by atoms with E-state index in [0.29, 0.717) is 0 Å². The van der Waals surface area contributed by atoms with Crippen LogP contribution >= 0.6 is 0 Å². The van der Waals surface area contributed by atoms with Crippen LogP contribution in [-0.4, -0.2) is 52.8 Å². The second-order valence-corrected chi connectivity index (χ2v) is 0. The summed E-state index contributed by atoms with van der Waals surface area (Å²) in [5.41, 5.74) is 0. The van der Waals surface area contributed by atoms with Crippen molar-refractivity contribution in [3.63, 3.8) is 0 Å². The first-order chi connectivity index (χ1) is 0. The van der Waals surface area contributed by atoms with Gasteiger partial charge in [-0.1, -0.05) is 0 Å². The smallest absolute Gasteiger partial charge is 0 e. The van der Waals surface area contributed by atoms with Gasteiger partial charge in [-0.3, -0.25) is 0 Å². The van der Waals surface area contributed by atoms with Crippen molar-refractivity contribution in [3.05, 3.63) is 0 Å². The second kappa shape index (κ2) is 58.6. The van der Waals surface area contributed by atoms with Gasteiger partial charge in [-0.05, 0) is 0 Å². The van der Waals surface area contributed by atoms with E-state index in [-0.39, 0.29) is 155 Å². The van der Waals surface area contributed by atoms with E-state index in [1.54, 1.807) is 0 Å². The fraction of sp³-hybridized carbons (Fsp3) is 0. The first-order valence-electron chi connectivity index (χ1n) is 0. The van der Waals surface area contributed by atoms with Gasteiger partial charge in [0.2, 0.25) is 0 Å². The molecule has 0 fully saturated rings. The van der Waals surface area contributed by atoms with Gasteiger partial charge in [0, 0.05) is 102 Å². The van der Waals surface area contributed by atoms with Crippen molar-refractivity contribution in [2.45, 2.75) is 0 Å². The Morgan fingerprint density at radius 2 is 0.250 bits per heavy atom. The third kappa shape index (κ3) is 44.3. The van der Waals surface area contributed by atoms with E-state index in [1.807, 2.05) is 0 Å². The SMILES string of the molecule is [GeH4].[GeH4].[GeH4].[Re].[Re].[Re].[Re].[Re]. The molecule has 0 aliphatic rings. The molecular weight excluding hydrogens is 1150 g/mol. The van der Waals surface area contributed by atoms with Crippen LogP contribution in [0.4, 0.5) is 0 Å². The summed E-state index contributed by atoms with van der Waals surface area (Å²) in [5, 5.41) is 0. The second-order valence-electron chi connectivity index (χ2n) is 0. The van der Waals surface area contributed by atoms with Crippen molar-refractivity contribution in [2.24, 2.45) is 0 Å². The molecule has 0 aromatic heterocycles. The Balaban J connectivity index is 0. The first kappa shape index (κ1) is 75.6. The van der Waals surface area contributed by atoms with Gasteiger partial charge in [0.1, 0.15) is 0 Å². The molecule has 5 radical (unpaired) electrons. The molecule has 0 nitrogen and oxygen atoms in total. The van der Waals surface area contributed by atoms with Crippen LogP contribution in [0.15, 0.2) is 0 Å². The van der Waals surface area contributed by atoms with Gasteiger partial charge in [0.15, 0.2) is 0 Å². The van der Waals surface area contributed by atoms with Crippen LogP contribution in [0.5, 0.6) is 0 Å². The molecule has 0 aromatic rings. The van der Waals surface area contributed by atoms with E-state index < -0.39 is 0 Å². The molecule has 0 unspecified atom stereocenters. The quantitative estimate of drug-likeness (QED) is 0.216. The van der Waals surface area contributed by atoms with Crippen LogP contribution in [0.25, 0.3) is 0 Å². The minimum absolute atomic E-state index is 0. The molecule has 0 amide bonds. The molecule has 0 aliphatic carbocycles. The Morgan fingerprint density at radius 1 is 0.250 bits per heavy atom. The summed E-state index contributed by atoms with van der Waals surface area (Å²) >= 11 is 0. The number of hydrogen-bond acceptors (Lipinski definition) is 0. The molecule has 0 aromatic carbocycles. The maximum absolute atomic E-state index is 0. The van der Waals surface area contributed by atoms with Gasteiger partial charge >= 0.3 is 52.8 Å². The molecule has 0 bridgehead atoms. The van der Waals surface area contributed by atoms with E-state index in [1.165, 1.54) is 0 Å². The van der Waals surface area contributed by atoms with Crippen LogP contribution in [-0.2, 0) is 102 Å². The molecule has 8 heavy (non-hydrogen) atoms. The summed E-state index contributed by atoms with van der Waals surface area (Å²) in [6.07, 6.45) is 0. The van der Waals surface area contributed by atoms with Gasteiger partial charge < -0.3 is 0 Å². The third-order valence-corrected chi connectivity index (χ3v) is 0. The van der Waals surface area contributed by atoms with Crippen molar-refractivity contribution in [1.29, 1.82) is 0 Å². The van der Waals surface area contributed by atoms with Gasteiger partial charge in [-0.15, -0.1) is 0 Å². The van der Waals surface area contributed by atoms with E-state index in [4.69, 9.17) is 0 Å². The fourth-order valence-corrected chi connectivity index (χ4v) is 0. The molecule has 0 aliphatic heterocycles. The monoisotopic (exact) mass is 1170 g/mol. The van der Waals surface area contributed by atoms with E-state index in [9.17, 15) is 0 Å². The molecule has 0 rings (SSSR count). The predicted molar refractivity (Wildman–Crippen MR) is 34.0 cm³/mol. The first-order valence-corrected chi connectivity index (χ1v) is 0. The van der Waals surface area contributed by atoms with Gasteiger partial charge in [0.05, 0.1) is 0 Å². The Bertz CT molecular complexity index is 7.64. The molecule has 0 atom stereocenters. The van der Waals surface area contributed by atoms with Gasteiger partial charge in [0.25, 0.3) is 0 Å². The van der Waals surface area contributed by atoms with Gasteiger partial charge in [-0.2, -0.15) is 0 Å². The zero-order valence-corrected chi connectivity index (χ0v) is 15.5. The van der Waals surface area contributed by atoms with Crippen LogP contribution in [0, 0.1) is 0 Å². The topological polar surface area (TPSA) is 0 Å². The minimum atomic E-state index is 0. The minimum Gasteiger partial charge on any atom is 0 e. The van der Waals surface area contributed by atoms with E-state index in [0.717, 1.165) is 0 Å². The summed E-state index contributed by atoms with van der Waals surface area (Å²) in [5.74, 6) is 0. The predicted octanol–water partition coefficient (Wildman–Crippen LogP) is -4.37. The van der Waals surface area contributed by atoms with Crippen LogP contribution in [0.2, 0.25) is 0 Å². The van der Waals surface area contributed by atoms with Crippen LogP contribution < -0.4 is 0 Å². The van der Waals surface area contributed by atoms with Crippen molar-refractivity contribution in [2.75, 3.05) is 0 Å². The fourth-order valence-electron chi connectivity index (χ4n) is 0. The Labute approximate surface area is 152 Å². The largest absolute Gasteiger partial charge is 0 e. The standard InChI is InChI=1S/3GeH4.5Re/h3*1H4;;;;;. The molecule has 0 heterocycles. The summed E-state index contributed by atoms with van der Waals surface area (Å²) in [4.78, 5) is 0. The number of rotatable bonds is 0. The van der Waals surface area contributed by atoms with Gasteiger partial charge in [-0.25, -0.2) is 0 Å². The summed E-state index contributed by atoms with van der Waals surface area (Å²) < 4.78 is 0. The average molecular weight is 1160 g/mol. The molecule has 59 valence electrons. The molecule has 0 saturated carbocycles. The Kier molecular flexibility index (Phi) is 553. The van der Waals surface area contributed by atoms with Crippen LogP contribution in [0.1, 0.15) is 0 Å². The average Bonchev–Trinajstić information content (AvgIpc) is 0. The van der Waals surface area contributed by atoms with Crippen molar-refractivity contribution in [3.8, 4) is 0 Å². The summed E-state index contributed by atoms with van der Waals surface area (Å²) in [6, 6.07) is 0. The summed E-state index contributed by atoms with van der Waals surface area (Å²) in [7, 11) is 0. The van der Waals surface area contributed by atoms with Crippen LogP contribution in [0.3, 0.4) is 0 Å². The third-order valence-electron chi connectivity index (χ3n) is 0. The maximum Gasteiger partial charge on any atom is 0 e. The Morgan fingerprint density at radius 3 is 0.250 bits per heavy atom. The van der Waals surface area contributed by atoms with E-state index >= 15 is 0 Å². The molecule has 0 saturated heterocycles. The zero-order valence-electron chi connectivity index (χ0n) is 1.89. The Hall–Kier alpha value is 4.94. The molecule has 0 N–H and O–H groups in total. The number of hydrogen-bond donors (Lipinski definition) is 0. The van der Waals surface area contributed by atoms with Crippen molar-refractivity contribution in [1.82, 2.24) is 0 Å². The van der Waals surface area contributed by atoms with E-state index in [2.05, 4.69) is 0 Å².